The van der Waals surface area contributed by atoms with Gasteiger partial charge in [0.2, 0.25) is 0 Å². The first kappa shape index (κ1) is 65.4. The van der Waals surface area contributed by atoms with Crippen molar-refractivity contribution < 1.29 is 28.6 Å². The number of hydrogen-bond acceptors (Lipinski definition) is 6. The van der Waals surface area contributed by atoms with Crippen molar-refractivity contribution >= 4 is 17.9 Å². The zero-order valence-electron chi connectivity index (χ0n) is 46.2. The van der Waals surface area contributed by atoms with E-state index in [9.17, 15) is 14.4 Å². The number of carbonyl (C=O) groups is 3. The van der Waals surface area contributed by atoms with Crippen LogP contribution in [0.15, 0.2) is 0 Å². The van der Waals surface area contributed by atoms with Gasteiger partial charge in [-0.1, -0.05) is 298 Å². The number of unbranched alkanes of at least 4 members (excludes halogenated alkanes) is 36. The molecular formula is C61H118O6. The van der Waals surface area contributed by atoms with Crippen LogP contribution < -0.4 is 0 Å². The molecule has 67 heavy (non-hydrogen) atoms. The van der Waals surface area contributed by atoms with Crippen LogP contribution in [0.2, 0.25) is 0 Å². The Morgan fingerprint density at radius 1 is 0.299 bits per heavy atom. The fourth-order valence-corrected chi connectivity index (χ4v) is 9.32. The Kier molecular flexibility index (Phi) is 51.0. The van der Waals surface area contributed by atoms with Gasteiger partial charge in [-0.05, 0) is 37.0 Å². The fraction of sp³-hybridized carbons (Fsp3) is 0.951. The zero-order valence-corrected chi connectivity index (χ0v) is 46.2. The van der Waals surface area contributed by atoms with Crippen LogP contribution in [0, 0.1) is 17.8 Å². The minimum Gasteiger partial charge on any atom is -0.462 e. The largest absolute Gasteiger partial charge is 0.462 e. The van der Waals surface area contributed by atoms with Crippen LogP contribution in [0.4, 0.5) is 0 Å². The van der Waals surface area contributed by atoms with Gasteiger partial charge < -0.3 is 14.2 Å². The highest BCUT2D eigenvalue weighted by Crippen LogP contribution is 2.19. The predicted octanol–water partition coefficient (Wildman–Crippen LogP) is 19.9. The lowest BCUT2D eigenvalue weighted by atomic mass is 9.99. The van der Waals surface area contributed by atoms with E-state index >= 15 is 0 Å². The van der Waals surface area contributed by atoms with E-state index in [4.69, 9.17) is 14.2 Å². The maximum absolute atomic E-state index is 12.8. The lowest BCUT2D eigenvalue weighted by Gasteiger charge is -2.18. The van der Waals surface area contributed by atoms with E-state index in [1.54, 1.807) is 0 Å². The third kappa shape index (κ3) is 53.6. The molecule has 0 aliphatic carbocycles. The van der Waals surface area contributed by atoms with E-state index in [-0.39, 0.29) is 31.1 Å². The van der Waals surface area contributed by atoms with Gasteiger partial charge >= 0.3 is 17.9 Å². The number of esters is 3. The van der Waals surface area contributed by atoms with Gasteiger partial charge in [0, 0.05) is 19.3 Å². The smallest absolute Gasteiger partial charge is 0.306 e. The highest BCUT2D eigenvalue weighted by molar-refractivity contribution is 5.71. The Labute approximate surface area is 418 Å². The Bertz CT molecular complexity index is 1040. The van der Waals surface area contributed by atoms with E-state index in [1.807, 2.05) is 0 Å². The van der Waals surface area contributed by atoms with Crippen molar-refractivity contribution in [3.8, 4) is 0 Å². The lowest BCUT2D eigenvalue weighted by Crippen LogP contribution is -2.30. The van der Waals surface area contributed by atoms with Crippen molar-refractivity contribution in [1.82, 2.24) is 0 Å². The quantitative estimate of drug-likeness (QED) is 0.0343. The van der Waals surface area contributed by atoms with Gasteiger partial charge in [-0.3, -0.25) is 14.4 Å². The van der Waals surface area contributed by atoms with Crippen molar-refractivity contribution in [3.05, 3.63) is 0 Å². The van der Waals surface area contributed by atoms with Crippen LogP contribution in [0.5, 0.6) is 0 Å². The molecule has 6 heteroatoms. The molecule has 0 rings (SSSR count). The van der Waals surface area contributed by atoms with Crippen molar-refractivity contribution in [3.63, 3.8) is 0 Å². The number of ether oxygens (including phenoxy) is 3. The first-order valence-corrected chi connectivity index (χ1v) is 30.1. The lowest BCUT2D eigenvalue weighted by molar-refractivity contribution is -0.167. The molecule has 0 aliphatic heterocycles. The Morgan fingerprint density at radius 2 is 0.522 bits per heavy atom. The minimum absolute atomic E-state index is 0.0636. The highest BCUT2D eigenvalue weighted by atomic mass is 16.6. The van der Waals surface area contributed by atoms with Crippen LogP contribution in [-0.2, 0) is 28.6 Å². The molecule has 1 unspecified atom stereocenters. The van der Waals surface area contributed by atoms with Crippen molar-refractivity contribution in [2.45, 2.75) is 343 Å². The molecule has 0 aromatic heterocycles. The highest BCUT2D eigenvalue weighted by Gasteiger charge is 2.19. The van der Waals surface area contributed by atoms with Gasteiger partial charge in [0.15, 0.2) is 6.10 Å². The number of rotatable bonds is 54. The van der Waals surface area contributed by atoms with E-state index in [0.717, 1.165) is 75.5 Å². The van der Waals surface area contributed by atoms with E-state index < -0.39 is 6.10 Å². The second-order valence-electron chi connectivity index (χ2n) is 22.2. The second kappa shape index (κ2) is 52.2. The zero-order chi connectivity index (χ0) is 49.1. The van der Waals surface area contributed by atoms with Crippen molar-refractivity contribution in [1.29, 1.82) is 0 Å². The Hall–Kier alpha value is -1.59. The van der Waals surface area contributed by atoms with Crippen LogP contribution in [0.1, 0.15) is 337 Å². The van der Waals surface area contributed by atoms with Gasteiger partial charge in [-0.15, -0.1) is 0 Å². The third-order valence-corrected chi connectivity index (χ3v) is 14.3. The summed E-state index contributed by atoms with van der Waals surface area (Å²) in [5.41, 5.74) is 0. The first-order chi connectivity index (χ1) is 32.6. The molecule has 0 aromatic rings. The summed E-state index contributed by atoms with van der Waals surface area (Å²) < 4.78 is 16.9. The summed E-state index contributed by atoms with van der Waals surface area (Å²) in [5.74, 6) is 1.71. The summed E-state index contributed by atoms with van der Waals surface area (Å²) in [7, 11) is 0. The number of carbonyl (C=O) groups excluding carboxylic acids is 3. The molecule has 0 N–H and O–H groups in total. The average Bonchev–Trinajstić information content (AvgIpc) is 3.30. The molecule has 0 aromatic carbocycles. The van der Waals surface area contributed by atoms with Crippen LogP contribution in [-0.4, -0.2) is 37.2 Å². The molecule has 0 amide bonds. The SMILES string of the molecule is CCC(C)CCCCCCCCCCCCCCCCCCCCC(=O)OC[C@H](COC(=O)CCCCCCCCCCCCCCC(C)C)OC(=O)CCCCCCCCCCCC(C)C. The monoisotopic (exact) mass is 947 g/mol. The van der Waals surface area contributed by atoms with Crippen molar-refractivity contribution in [2.75, 3.05) is 13.2 Å². The maximum atomic E-state index is 12.8. The molecule has 0 radical (unpaired) electrons. The van der Waals surface area contributed by atoms with Gasteiger partial charge in [-0.2, -0.15) is 0 Å². The van der Waals surface area contributed by atoms with Gasteiger partial charge in [0.1, 0.15) is 13.2 Å². The molecule has 0 saturated carbocycles. The molecular weight excluding hydrogens is 829 g/mol. The molecule has 398 valence electrons. The molecule has 0 bridgehead atoms. The summed E-state index contributed by atoms with van der Waals surface area (Å²) >= 11 is 0. The van der Waals surface area contributed by atoms with E-state index in [0.29, 0.717) is 19.3 Å². The average molecular weight is 948 g/mol. The molecule has 6 nitrogen and oxygen atoms in total. The number of hydrogen-bond donors (Lipinski definition) is 0. The van der Waals surface area contributed by atoms with Crippen molar-refractivity contribution in [2.24, 2.45) is 17.8 Å². The fourth-order valence-electron chi connectivity index (χ4n) is 9.32. The molecule has 0 heterocycles. The Morgan fingerprint density at radius 3 is 0.776 bits per heavy atom. The molecule has 0 spiro atoms. The Balaban J connectivity index is 4.22. The molecule has 0 aliphatic rings. The topological polar surface area (TPSA) is 78.9 Å². The predicted molar refractivity (Wildman–Crippen MR) is 289 cm³/mol. The summed E-state index contributed by atoms with van der Waals surface area (Å²) in [6.45, 7) is 13.8. The second-order valence-corrected chi connectivity index (χ2v) is 22.2. The molecule has 0 fully saturated rings. The summed E-state index contributed by atoms with van der Waals surface area (Å²) in [4.78, 5) is 38.2. The van der Waals surface area contributed by atoms with Crippen LogP contribution in [0.3, 0.4) is 0 Å². The van der Waals surface area contributed by atoms with Gasteiger partial charge in [0.05, 0.1) is 0 Å². The van der Waals surface area contributed by atoms with Crippen LogP contribution >= 0.6 is 0 Å². The van der Waals surface area contributed by atoms with E-state index in [1.165, 1.54) is 218 Å². The molecule has 0 saturated heterocycles. The maximum Gasteiger partial charge on any atom is 0.306 e. The van der Waals surface area contributed by atoms with Crippen LogP contribution in [0.25, 0.3) is 0 Å². The standard InChI is InChI=1S/C61H118O6/c1-7-57(6)49-43-37-31-25-19-14-12-10-8-9-11-13-15-20-26-32-38-44-50-59(62)65-53-58(67-61(64)52-46-40-34-28-22-24-30-36-42-48-56(4)5)54-66-60(63)51-45-39-33-27-21-17-16-18-23-29-35-41-47-55(2)3/h55-58H,7-54H2,1-6H3/t57?,58-/m1/s1. The summed E-state index contributed by atoms with van der Waals surface area (Å²) in [5, 5.41) is 0. The summed E-state index contributed by atoms with van der Waals surface area (Å²) in [6.07, 6.45) is 55.3. The minimum atomic E-state index is -0.764. The summed E-state index contributed by atoms with van der Waals surface area (Å²) in [6, 6.07) is 0. The third-order valence-electron chi connectivity index (χ3n) is 14.3. The van der Waals surface area contributed by atoms with E-state index in [2.05, 4.69) is 41.5 Å². The molecule has 2 atom stereocenters. The normalized spacial score (nSPS) is 12.5. The first-order valence-electron chi connectivity index (χ1n) is 30.1. The van der Waals surface area contributed by atoms with Gasteiger partial charge in [0.25, 0.3) is 0 Å². The van der Waals surface area contributed by atoms with Gasteiger partial charge in [-0.25, -0.2) is 0 Å².